The highest BCUT2D eigenvalue weighted by Gasteiger charge is 2.22. The van der Waals surface area contributed by atoms with E-state index in [9.17, 15) is 0 Å². The number of rotatable bonds is 4. The lowest BCUT2D eigenvalue weighted by atomic mass is 9.97. The highest BCUT2D eigenvalue weighted by molar-refractivity contribution is 5.54. The fourth-order valence-corrected chi connectivity index (χ4v) is 1.06. The first kappa shape index (κ1) is 12.7. The van der Waals surface area contributed by atoms with Crippen molar-refractivity contribution >= 4 is 5.70 Å². The second kappa shape index (κ2) is 4.68. The summed E-state index contributed by atoms with van der Waals surface area (Å²) in [4.78, 5) is 4.32. The standard InChI is InChI=1S/C12H21N3O/c1-8(2)7-13-9(3)10-14-11(16-15-10)12(4,5)6/h8,13H,3,7H2,1-2,4-6H3. The van der Waals surface area contributed by atoms with Crippen molar-refractivity contribution in [3.63, 3.8) is 0 Å². The van der Waals surface area contributed by atoms with Gasteiger partial charge in [-0.25, -0.2) is 0 Å². The van der Waals surface area contributed by atoms with Gasteiger partial charge in [0.1, 0.15) is 0 Å². The van der Waals surface area contributed by atoms with E-state index in [1.165, 1.54) is 0 Å². The minimum Gasteiger partial charge on any atom is -0.382 e. The molecule has 0 unspecified atom stereocenters. The Morgan fingerprint density at radius 3 is 2.50 bits per heavy atom. The quantitative estimate of drug-likeness (QED) is 0.852. The van der Waals surface area contributed by atoms with E-state index in [1.54, 1.807) is 0 Å². The Hall–Kier alpha value is -1.32. The number of hydrogen-bond donors (Lipinski definition) is 1. The summed E-state index contributed by atoms with van der Waals surface area (Å²) in [6.07, 6.45) is 0. The summed E-state index contributed by atoms with van der Waals surface area (Å²) in [6, 6.07) is 0. The van der Waals surface area contributed by atoms with Crippen LogP contribution < -0.4 is 5.32 Å². The highest BCUT2D eigenvalue weighted by Crippen LogP contribution is 2.20. The first-order valence-corrected chi connectivity index (χ1v) is 5.58. The number of nitrogens with zero attached hydrogens (tertiary/aromatic N) is 2. The summed E-state index contributed by atoms with van der Waals surface area (Å²) >= 11 is 0. The molecule has 0 atom stereocenters. The monoisotopic (exact) mass is 223 g/mol. The Kier molecular flexibility index (Phi) is 3.73. The molecular weight excluding hydrogens is 202 g/mol. The van der Waals surface area contributed by atoms with Gasteiger partial charge in [0.25, 0.3) is 0 Å². The zero-order chi connectivity index (χ0) is 12.3. The van der Waals surface area contributed by atoms with Crippen LogP contribution in [-0.4, -0.2) is 16.7 Å². The fraction of sp³-hybridized carbons (Fsp3) is 0.667. The van der Waals surface area contributed by atoms with E-state index < -0.39 is 0 Å². The van der Waals surface area contributed by atoms with Crippen LogP contribution in [0.15, 0.2) is 11.1 Å². The minimum absolute atomic E-state index is 0.121. The predicted molar refractivity (Wildman–Crippen MR) is 64.9 cm³/mol. The summed E-state index contributed by atoms with van der Waals surface area (Å²) < 4.78 is 5.20. The van der Waals surface area contributed by atoms with Crippen molar-refractivity contribution in [3.05, 3.63) is 18.3 Å². The molecule has 90 valence electrons. The molecule has 0 amide bonds. The van der Waals surface area contributed by atoms with Gasteiger partial charge in [0.15, 0.2) is 0 Å². The average molecular weight is 223 g/mol. The summed E-state index contributed by atoms with van der Waals surface area (Å²) in [5.41, 5.74) is 0.594. The molecule has 1 aromatic heterocycles. The molecule has 1 rings (SSSR count). The molecule has 4 heteroatoms. The van der Waals surface area contributed by atoms with Crippen molar-refractivity contribution in [2.45, 2.75) is 40.0 Å². The molecule has 4 nitrogen and oxygen atoms in total. The van der Waals surface area contributed by atoms with E-state index in [2.05, 4.69) is 35.9 Å². The van der Waals surface area contributed by atoms with Crippen molar-refractivity contribution in [1.82, 2.24) is 15.5 Å². The van der Waals surface area contributed by atoms with Crippen molar-refractivity contribution < 1.29 is 4.52 Å². The van der Waals surface area contributed by atoms with E-state index in [-0.39, 0.29) is 5.41 Å². The molecule has 1 N–H and O–H groups in total. The first-order chi connectivity index (χ1) is 7.30. The van der Waals surface area contributed by atoms with Gasteiger partial charge in [-0.15, -0.1) is 0 Å². The first-order valence-electron chi connectivity index (χ1n) is 5.58. The maximum absolute atomic E-state index is 5.20. The second-order valence-electron chi connectivity index (χ2n) is 5.43. The molecule has 0 aliphatic carbocycles. The van der Waals surface area contributed by atoms with Crippen molar-refractivity contribution in [3.8, 4) is 0 Å². The van der Waals surface area contributed by atoms with Crippen LogP contribution in [0.1, 0.15) is 46.3 Å². The number of hydrogen-bond acceptors (Lipinski definition) is 4. The number of nitrogens with one attached hydrogen (secondary N) is 1. The fourth-order valence-electron chi connectivity index (χ4n) is 1.06. The van der Waals surface area contributed by atoms with E-state index in [1.807, 2.05) is 20.8 Å². The normalized spacial score (nSPS) is 11.9. The zero-order valence-corrected chi connectivity index (χ0v) is 10.8. The van der Waals surface area contributed by atoms with Gasteiger partial charge >= 0.3 is 0 Å². The molecule has 0 saturated carbocycles. The Labute approximate surface area is 97.1 Å². The molecule has 1 aromatic rings. The molecule has 0 fully saturated rings. The topological polar surface area (TPSA) is 51.0 Å². The van der Waals surface area contributed by atoms with Gasteiger partial charge < -0.3 is 9.84 Å². The lowest BCUT2D eigenvalue weighted by molar-refractivity contribution is 0.319. The molecular formula is C12H21N3O. The molecule has 0 aliphatic rings. The maximum atomic E-state index is 5.20. The van der Waals surface area contributed by atoms with Gasteiger partial charge in [-0.1, -0.05) is 46.4 Å². The zero-order valence-electron chi connectivity index (χ0n) is 10.8. The SMILES string of the molecule is C=C(NCC(C)C)c1noc(C(C)(C)C)n1. The summed E-state index contributed by atoms with van der Waals surface area (Å²) in [5, 5.41) is 7.10. The van der Waals surface area contributed by atoms with E-state index in [0.29, 0.717) is 23.3 Å². The summed E-state index contributed by atoms with van der Waals surface area (Å²) in [5.74, 6) is 1.74. The second-order valence-corrected chi connectivity index (χ2v) is 5.43. The molecule has 0 bridgehead atoms. The predicted octanol–water partition coefficient (Wildman–Crippen LogP) is 2.58. The van der Waals surface area contributed by atoms with Crippen LogP contribution >= 0.6 is 0 Å². The van der Waals surface area contributed by atoms with Crippen LogP contribution in [-0.2, 0) is 5.41 Å². The molecule has 1 heterocycles. The Balaban J connectivity index is 2.67. The highest BCUT2D eigenvalue weighted by atomic mass is 16.5. The van der Waals surface area contributed by atoms with Crippen LogP contribution in [0, 0.1) is 5.92 Å². The molecule has 0 spiro atoms. The molecule has 0 radical (unpaired) electrons. The van der Waals surface area contributed by atoms with Crippen molar-refractivity contribution in [2.24, 2.45) is 5.92 Å². The average Bonchev–Trinajstić information content (AvgIpc) is 2.61. The van der Waals surface area contributed by atoms with Crippen molar-refractivity contribution in [1.29, 1.82) is 0 Å². The molecule has 0 aromatic carbocycles. The van der Waals surface area contributed by atoms with Crippen molar-refractivity contribution in [2.75, 3.05) is 6.54 Å². The van der Waals surface area contributed by atoms with Gasteiger partial charge in [-0.05, 0) is 5.92 Å². The lowest BCUT2D eigenvalue weighted by Crippen LogP contribution is -2.18. The van der Waals surface area contributed by atoms with Crippen LogP contribution in [0.3, 0.4) is 0 Å². The lowest BCUT2D eigenvalue weighted by Gasteiger charge is -2.10. The summed E-state index contributed by atoms with van der Waals surface area (Å²) in [7, 11) is 0. The number of aromatic nitrogens is 2. The third kappa shape index (κ3) is 3.36. The largest absolute Gasteiger partial charge is 0.382 e. The van der Waals surface area contributed by atoms with E-state index in [4.69, 9.17) is 4.52 Å². The van der Waals surface area contributed by atoms with E-state index in [0.717, 1.165) is 6.54 Å². The minimum atomic E-state index is -0.121. The Bertz CT molecular complexity index is 361. The maximum Gasteiger partial charge on any atom is 0.232 e. The third-order valence-corrected chi connectivity index (χ3v) is 2.06. The third-order valence-electron chi connectivity index (χ3n) is 2.06. The molecule has 0 aliphatic heterocycles. The van der Waals surface area contributed by atoms with Crippen LogP contribution in [0.25, 0.3) is 5.70 Å². The smallest absolute Gasteiger partial charge is 0.232 e. The van der Waals surface area contributed by atoms with Crippen LogP contribution in [0.5, 0.6) is 0 Å². The summed E-state index contributed by atoms with van der Waals surface area (Å²) in [6.45, 7) is 15.1. The van der Waals surface area contributed by atoms with E-state index >= 15 is 0 Å². The van der Waals surface area contributed by atoms with Gasteiger partial charge in [-0.2, -0.15) is 4.98 Å². The molecule has 16 heavy (non-hydrogen) atoms. The van der Waals surface area contributed by atoms with Crippen LogP contribution in [0.2, 0.25) is 0 Å². The van der Waals surface area contributed by atoms with Gasteiger partial charge in [0.2, 0.25) is 11.7 Å². The van der Waals surface area contributed by atoms with Crippen LogP contribution in [0.4, 0.5) is 0 Å². The van der Waals surface area contributed by atoms with Gasteiger partial charge in [0, 0.05) is 12.0 Å². The molecule has 0 saturated heterocycles. The van der Waals surface area contributed by atoms with Gasteiger partial charge in [0.05, 0.1) is 5.70 Å². The Morgan fingerprint density at radius 2 is 2.06 bits per heavy atom. The Morgan fingerprint density at radius 1 is 1.44 bits per heavy atom. The van der Waals surface area contributed by atoms with Gasteiger partial charge in [-0.3, -0.25) is 0 Å².